The van der Waals surface area contributed by atoms with Crippen LogP contribution in [0.2, 0.25) is 0 Å². The maximum Gasteiger partial charge on any atom is 0.225 e. The quantitative estimate of drug-likeness (QED) is 0.596. The smallest absolute Gasteiger partial charge is 0.225 e. The van der Waals surface area contributed by atoms with Crippen LogP contribution in [0.3, 0.4) is 0 Å². The van der Waals surface area contributed by atoms with Crippen LogP contribution in [0.1, 0.15) is 56.3 Å². The van der Waals surface area contributed by atoms with E-state index in [2.05, 4.69) is 60.9 Å². The van der Waals surface area contributed by atoms with Crippen molar-refractivity contribution in [3.63, 3.8) is 0 Å². The molecule has 2 atom stereocenters. The molecule has 2 heterocycles. The fourth-order valence-corrected chi connectivity index (χ4v) is 4.60. The van der Waals surface area contributed by atoms with Crippen LogP contribution < -0.4 is 0 Å². The average molecular weight is 411 g/mol. The molecule has 30 heavy (non-hydrogen) atoms. The number of aryl methyl sites for hydroxylation is 2. The van der Waals surface area contributed by atoms with Crippen molar-refractivity contribution in [2.45, 2.75) is 54.0 Å². The van der Waals surface area contributed by atoms with Gasteiger partial charge in [0.15, 0.2) is 0 Å². The van der Waals surface area contributed by atoms with Crippen molar-refractivity contribution in [2.75, 3.05) is 26.2 Å². The van der Waals surface area contributed by atoms with E-state index in [0.29, 0.717) is 17.8 Å². The molecule has 2 unspecified atom stereocenters. The van der Waals surface area contributed by atoms with Gasteiger partial charge in [-0.25, -0.2) is 0 Å². The third-order valence-corrected chi connectivity index (χ3v) is 6.04. The molecule has 1 aliphatic rings. The normalized spacial score (nSPS) is 19.7. The predicted molar refractivity (Wildman–Crippen MR) is 122 cm³/mol. The molecular formula is C26H38N2O2. The van der Waals surface area contributed by atoms with E-state index in [1.165, 1.54) is 11.1 Å². The van der Waals surface area contributed by atoms with E-state index in [1.807, 2.05) is 26.8 Å². The molecule has 2 aromatic rings. The Kier molecular flexibility index (Phi) is 7.41. The second-order valence-electron chi connectivity index (χ2n) is 9.78. The van der Waals surface area contributed by atoms with E-state index in [4.69, 9.17) is 4.42 Å². The lowest BCUT2D eigenvalue weighted by atomic mass is 9.88. The molecule has 0 aliphatic carbocycles. The van der Waals surface area contributed by atoms with Crippen molar-refractivity contribution in [1.29, 1.82) is 0 Å². The van der Waals surface area contributed by atoms with E-state index in [0.717, 1.165) is 44.2 Å². The van der Waals surface area contributed by atoms with Crippen LogP contribution >= 0.6 is 0 Å². The van der Waals surface area contributed by atoms with E-state index in [1.54, 1.807) is 0 Å². The Balaban J connectivity index is 1.81. The van der Waals surface area contributed by atoms with Gasteiger partial charge in [-0.05, 0) is 43.4 Å². The van der Waals surface area contributed by atoms with Gasteiger partial charge in [0, 0.05) is 38.0 Å². The molecule has 3 rings (SSSR count). The van der Waals surface area contributed by atoms with Crippen molar-refractivity contribution in [3.05, 3.63) is 59.0 Å². The van der Waals surface area contributed by atoms with E-state index in [9.17, 15) is 4.79 Å². The molecule has 0 saturated carbocycles. The highest BCUT2D eigenvalue weighted by Crippen LogP contribution is 2.35. The van der Waals surface area contributed by atoms with Crippen LogP contribution in [-0.4, -0.2) is 41.9 Å². The summed E-state index contributed by atoms with van der Waals surface area (Å²) in [5, 5.41) is 0. The molecule has 0 bridgehead atoms. The standard InChI is InChI=1S/C26H38N2O2/c1-18(2)13-28(26(29)19(3)4)15-23-14-27(16-24-12-9-21(6)30-24)17-25(23)22-10-7-20(5)8-11-22/h7-12,18-19,23,25H,13-17H2,1-6H3. The average Bonchev–Trinajstić information content (AvgIpc) is 3.27. The first-order valence-corrected chi connectivity index (χ1v) is 11.4. The lowest BCUT2D eigenvalue weighted by Crippen LogP contribution is -2.41. The zero-order valence-corrected chi connectivity index (χ0v) is 19.5. The molecule has 4 nitrogen and oxygen atoms in total. The molecule has 1 aliphatic heterocycles. The molecule has 0 N–H and O–H groups in total. The number of hydrogen-bond donors (Lipinski definition) is 0. The number of likely N-dealkylation sites (tertiary alicyclic amines) is 1. The SMILES string of the molecule is Cc1ccc(C2CN(Cc3ccc(C)o3)CC2CN(CC(C)C)C(=O)C(C)C)cc1. The Hall–Kier alpha value is -2.07. The summed E-state index contributed by atoms with van der Waals surface area (Å²) >= 11 is 0. The number of benzene rings is 1. The molecular weight excluding hydrogens is 372 g/mol. The van der Waals surface area contributed by atoms with Gasteiger partial charge in [0.25, 0.3) is 0 Å². The van der Waals surface area contributed by atoms with Crippen LogP contribution in [0, 0.1) is 31.6 Å². The molecule has 1 saturated heterocycles. The fraction of sp³-hybridized carbons (Fsp3) is 0.577. The highest BCUT2D eigenvalue weighted by atomic mass is 16.3. The van der Waals surface area contributed by atoms with Gasteiger partial charge >= 0.3 is 0 Å². The van der Waals surface area contributed by atoms with Gasteiger partial charge < -0.3 is 9.32 Å². The van der Waals surface area contributed by atoms with Gasteiger partial charge in [0.1, 0.15) is 11.5 Å². The number of carbonyl (C=O) groups is 1. The van der Waals surface area contributed by atoms with Crippen LogP contribution in [0.25, 0.3) is 0 Å². The van der Waals surface area contributed by atoms with E-state index < -0.39 is 0 Å². The Bertz CT molecular complexity index is 822. The monoisotopic (exact) mass is 410 g/mol. The topological polar surface area (TPSA) is 36.7 Å². The van der Waals surface area contributed by atoms with Crippen LogP contribution in [-0.2, 0) is 11.3 Å². The number of rotatable bonds is 8. The van der Waals surface area contributed by atoms with Crippen LogP contribution in [0.4, 0.5) is 0 Å². The zero-order chi connectivity index (χ0) is 21.8. The number of carbonyl (C=O) groups excluding carboxylic acids is 1. The minimum Gasteiger partial charge on any atom is -0.465 e. The maximum absolute atomic E-state index is 12.9. The van der Waals surface area contributed by atoms with Gasteiger partial charge in [0.05, 0.1) is 6.54 Å². The Morgan fingerprint density at radius 2 is 1.77 bits per heavy atom. The maximum atomic E-state index is 12.9. The first kappa shape index (κ1) is 22.6. The zero-order valence-electron chi connectivity index (χ0n) is 19.5. The van der Waals surface area contributed by atoms with Crippen molar-refractivity contribution in [3.8, 4) is 0 Å². The van der Waals surface area contributed by atoms with Crippen molar-refractivity contribution >= 4 is 5.91 Å². The molecule has 0 spiro atoms. The summed E-state index contributed by atoms with van der Waals surface area (Å²) in [6, 6.07) is 13.1. The van der Waals surface area contributed by atoms with Crippen molar-refractivity contribution in [2.24, 2.45) is 17.8 Å². The molecule has 0 radical (unpaired) electrons. The molecule has 1 aromatic carbocycles. The Morgan fingerprint density at radius 1 is 1.07 bits per heavy atom. The number of amides is 1. The van der Waals surface area contributed by atoms with Gasteiger partial charge in [-0.2, -0.15) is 0 Å². The van der Waals surface area contributed by atoms with E-state index in [-0.39, 0.29) is 11.8 Å². The lowest BCUT2D eigenvalue weighted by molar-refractivity contribution is -0.135. The van der Waals surface area contributed by atoms with Gasteiger partial charge in [-0.15, -0.1) is 0 Å². The highest BCUT2D eigenvalue weighted by molar-refractivity contribution is 5.78. The Morgan fingerprint density at radius 3 is 2.33 bits per heavy atom. The Labute approximate surface area is 182 Å². The first-order chi connectivity index (χ1) is 14.2. The largest absolute Gasteiger partial charge is 0.465 e. The first-order valence-electron chi connectivity index (χ1n) is 11.4. The third-order valence-electron chi connectivity index (χ3n) is 6.04. The molecule has 4 heteroatoms. The lowest BCUT2D eigenvalue weighted by Gasteiger charge is -2.31. The summed E-state index contributed by atoms with van der Waals surface area (Å²) < 4.78 is 5.83. The minimum absolute atomic E-state index is 0.0326. The number of furan rings is 1. The summed E-state index contributed by atoms with van der Waals surface area (Å²) in [4.78, 5) is 17.5. The minimum atomic E-state index is 0.0326. The summed E-state index contributed by atoms with van der Waals surface area (Å²) in [6.07, 6.45) is 0. The van der Waals surface area contributed by atoms with Gasteiger partial charge in [-0.3, -0.25) is 9.69 Å². The van der Waals surface area contributed by atoms with Gasteiger partial charge in [-0.1, -0.05) is 57.5 Å². The third kappa shape index (κ3) is 5.75. The van der Waals surface area contributed by atoms with Crippen molar-refractivity contribution in [1.82, 2.24) is 9.80 Å². The molecule has 1 fully saturated rings. The number of hydrogen-bond acceptors (Lipinski definition) is 3. The summed E-state index contributed by atoms with van der Waals surface area (Å²) in [7, 11) is 0. The highest BCUT2D eigenvalue weighted by Gasteiger charge is 2.36. The predicted octanol–water partition coefficient (Wildman–Crippen LogP) is 5.25. The van der Waals surface area contributed by atoms with Crippen LogP contribution in [0.15, 0.2) is 40.8 Å². The van der Waals surface area contributed by atoms with E-state index >= 15 is 0 Å². The molecule has 164 valence electrons. The summed E-state index contributed by atoms with van der Waals surface area (Å²) in [5.74, 6) is 3.60. The number of nitrogens with zero attached hydrogens (tertiary/aromatic N) is 2. The molecule has 1 amide bonds. The molecule has 1 aromatic heterocycles. The summed E-state index contributed by atoms with van der Waals surface area (Å²) in [6.45, 7) is 17.0. The van der Waals surface area contributed by atoms with Crippen LogP contribution in [0.5, 0.6) is 0 Å². The second-order valence-corrected chi connectivity index (χ2v) is 9.78. The second kappa shape index (κ2) is 9.82. The summed E-state index contributed by atoms with van der Waals surface area (Å²) in [5.41, 5.74) is 2.66. The van der Waals surface area contributed by atoms with Gasteiger partial charge in [0.2, 0.25) is 5.91 Å². The fourth-order valence-electron chi connectivity index (χ4n) is 4.60. The van der Waals surface area contributed by atoms with Crippen molar-refractivity contribution < 1.29 is 9.21 Å².